The molecule has 0 spiro atoms. The molecule has 0 heterocycles. The fourth-order valence-electron chi connectivity index (χ4n) is 3.53. The molecule has 2 amide bonds. The minimum Gasteiger partial charge on any atom is -0.323 e. The number of hydrogen-bond acceptors (Lipinski definition) is 8. The highest BCUT2D eigenvalue weighted by Crippen LogP contribution is 2.29. The lowest BCUT2D eigenvalue weighted by atomic mass is 10.0. The molecule has 1 rings (SSSR count). The first-order valence-electron chi connectivity index (χ1n) is 12.4. The molecule has 0 saturated heterocycles. The zero-order valence-electron chi connectivity index (χ0n) is 22.7. The molecular formula is C24H40N7O6+. The van der Waals surface area contributed by atoms with E-state index >= 15 is 0 Å². The number of quaternary nitrogens is 1. The molecule has 0 aromatic heterocycles. The van der Waals surface area contributed by atoms with Gasteiger partial charge in [0.2, 0.25) is 5.91 Å². The van der Waals surface area contributed by atoms with E-state index in [1.807, 2.05) is 21.1 Å². The summed E-state index contributed by atoms with van der Waals surface area (Å²) >= 11 is 0. The number of hydrogen-bond donors (Lipinski definition) is 2. The van der Waals surface area contributed by atoms with Gasteiger partial charge < -0.3 is 14.7 Å². The third-order valence-corrected chi connectivity index (χ3v) is 5.54. The molecular weight excluding hydrogens is 482 g/mol. The summed E-state index contributed by atoms with van der Waals surface area (Å²) in [5, 5.41) is 29.3. The highest BCUT2D eigenvalue weighted by molar-refractivity contribution is 6.09. The molecule has 0 radical (unpaired) electrons. The Morgan fingerprint density at radius 2 is 1.65 bits per heavy atom. The molecule has 1 atom stereocenters. The summed E-state index contributed by atoms with van der Waals surface area (Å²) in [5.41, 5.74) is 1.65. The van der Waals surface area contributed by atoms with Gasteiger partial charge in [0, 0.05) is 18.3 Å². The van der Waals surface area contributed by atoms with Gasteiger partial charge in [0.05, 0.1) is 43.0 Å². The second-order valence-electron chi connectivity index (χ2n) is 10.0. The molecule has 0 saturated carbocycles. The van der Waals surface area contributed by atoms with Crippen molar-refractivity contribution in [2.45, 2.75) is 46.5 Å². The van der Waals surface area contributed by atoms with E-state index in [4.69, 9.17) is 0 Å². The van der Waals surface area contributed by atoms with Crippen molar-refractivity contribution in [2.24, 2.45) is 11.0 Å². The predicted molar refractivity (Wildman–Crippen MR) is 142 cm³/mol. The Labute approximate surface area is 217 Å². The summed E-state index contributed by atoms with van der Waals surface area (Å²) < 4.78 is 0.399. The van der Waals surface area contributed by atoms with E-state index < -0.39 is 33.0 Å². The molecule has 1 aromatic rings. The zero-order valence-corrected chi connectivity index (χ0v) is 22.7. The van der Waals surface area contributed by atoms with Crippen LogP contribution in [0.2, 0.25) is 0 Å². The fraction of sp³-hybridized carbons (Fsp3) is 0.625. The fourth-order valence-corrected chi connectivity index (χ4v) is 3.53. The Morgan fingerprint density at radius 3 is 2.14 bits per heavy atom. The summed E-state index contributed by atoms with van der Waals surface area (Å²) in [6.45, 7) is 7.78. The first-order chi connectivity index (χ1) is 17.3. The van der Waals surface area contributed by atoms with Crippen molar-refractivity contribution in [3.05, 3.63) is 38.4 Å². The van der Waals surface area contributed by atoms with Crippen LogP contribution in [0.25, 0.3) is 0 Å². The van der Waals surface area contributed by atoms with Gasteiger partial charge in [-0.1, -0.05) is 26.7 Å². The smallest absolute Gasteiger partial charge is 0.299 e. The molecule has 37 heavy (non-hydrogen) atoms. The maximum Gasteiger partial charge on any atom is 0.299 e. The van der Waals surface area contributed by atoms with Crippen molar-refractivity contribution in [2.75, 3.05) is 52.6 Å². The number of non-ortho nitro benzene ring substituents is 1. The van der Waals surface area contributed by atoms with E-state index in [9.17, 15) is 29.8 Å². The molecule has 0 bridgehead atoms. The largest absolute Gasteiger partial charge is 0.323 e. The van der Waals surface area contributed by atoms with Gasteiger partial charge in [-0.2, -0.15) is 5.10 Å². The molecule has 0 unspecified atom stereocenters. The highest BCUT2D eigenvalue weighted by Gasteiger charge is 2.28. The van der Waals surface area contributed by atoms with Crippen LogP contribution in [-0.2, 0) is 9.59 Å². The first-order valence-corrected chi connectivity index (χ1v) is 12.4. The van der Waals surface area contributed by atoms with E-state index in [0.29, 0.717) is 16.7 Å². The Bertz CT molecular complexity index is 982. The van der Waals surface area contributed by atoms with Gasteiger partial charge in [-0.3, -0.25) is 29.8 Å². The SMILES string of the molecule is CCCCN(CCCC)C[C@H](C(=O)Nc1ccc([N+](=O)[O-])cc1[N+](=O)[O-])/C(C)=N/NC(=O)C[N+](C)(C)C. The third-order valence-electron chi connectivity index (χ3n) is 5.54. The van der Waals surface area contributed by atoms with Crippen LogP contribution in [0, 0.1) is 26.1 Å². The molecule has 2 N–H and O–H groups in total. The van der Waals surface area contributed by atoms with Crippen LogP contribution in [0.4, 0.5) is 17.1 Å². The van der Waals surface area contributed by atoms with Gasteiger partial charge in [-0.25, -0.2) is 5.43 Å². The second kappa shape index (κ2) is 15.0. The van der Waals surface area contributed by atoms with Crippen molar-refractivity contribution in [1.82, 2.24) is 10.3 Å². The number of anilines is 1. The number of nitro benzene ring substituents is 2. The van der Waals surface area contributed by atoms with E-state index in [0.717, 1.165) is 57.0 Å². The number of hydrazone groups is 1. The van der Waals surface area contributed by atoms with Crippen LogP contribution in [0.1, 0.15) is 46.5 Å². The summed E-state index contributed by atoms with van der Waals surface area (Å²) in [4.78, 5) is 48.9. The lowest BCUT2D eigenvalue weighted by Crippen LogP contribution is -2.44. The van der Waals surface area contributed by atoms with Crippen LogP contribution >= 0.6 is 0 Å². The number of carbonyl (C=O) groups is 2. The highest BCUT2D eigenvalue weighted by atomic mass is 16.6. The minimum atomic E-state index is -0.826. The van der Waals surface area contributed by atoms with Crippen molar-refractivity contribution in [1.29, 1.82) is 0 Å². The number of nitrogens with one attached hydrogen (secondary N) is 2. The lowest BCUT2D eigenvalue weighted by molar-refractivity contribution is -0.862. The van der Waals surface area contributed by atoms with Gasteiger partial charge in [0.15, 0.2) is 6.54 Å². The van der Waals surface area contributed by atoms with Crippen LogP contribution < -0.4 is 10.7 Å². The average Bonchev–Trinajstić information content (AvgIpc) is 2.80. The number of amides is 2. The van der Waals surface area contributed by atoms with Crippen LogP contribution in [0.3, 0.4) is 0 Å². The van der Waals surface area contributed by atoms with Gasteiger partial charge >= 0.3 is 0 Å². The number of likely N-dealkylation sites (N-methyl/N-ethyl adjacent to an activating group) is 1. The van der Waals surface area contributed by atoms with Gasteiger partial charge in [0.25, 0.3) is 17.3 Å². The molecule has 0 aliphatic rings. The summed E-state index contributed by atoms with van der Waals surface area (Å²) in [6.07, 6.45) is 3.82. The van der Waals surface area contributed by atoms with E-state index in [1.54, 1.807) is 6.92 Å². The molecule has 206 valence electrons. The number of carbonyl (C=O) groups excluding carboxylic acids is 2. The molecule has 13 heteroatoms. The monoisotopic (exact) mass is 522 g/mol. The molecule has 13 nitrogen and oxygen atoms in total. The lowest BCUT2D eigenvalue weighted by Gasteiger charge is -2.27. The quantitative estimate of drug-likeness (QED) is 0.146. The number of nitrogens with zero attached hydrogens (tertiary/aromatic N) is 5. The summed E-state index contributed by atoms with van der Waals surface area (Å²) in [7, 11) is 5.59. The Hall–Kier alpha value is -3.45. The van der Waals surface area contributed by atoms with Crippen LogP contribution in [0.15, 0.2) is 23.3 Å². The maximum absolute atomic E-state index is 13.4. The van der Waals surface area contributed by atoms with E-state index in [1.165, 1.54) is 0 Å². The topological polar surface area (TPSA) is 160 Å². The number of unbranched alkanes of at least 4 members (excludes halogenated alkanes) is 2. The minimum absolute atomic E-state index is 0.152. The van der Waals surface area contributed by atoms with E-state index in [2.05, 4.69) is 34.6 Å². The van der Waals surface area contributed by atoms with E-state index in [-0.39, 0.29) is 18.1 Å². The Kier molecular flexibility index (Phi) is 12.8. The Morgan fingerprint density at radius 1 is 1.05 bits per heavy atom. The van der Waals surface area contributed by atoms with Gasteiger partial charge in [-0.15, -0.1) is 0 Å². The normalized spacial score (nSPS) is 12.8. The Balaban J connectivity index is 3.29. The molecule has 1 aromatic carbocycles. The van der Waals surface area contributed by atoms with Gasteiger partial charge in [-0.05, 0) is 38.9 Å². The average molecular weight is 523 g/mol. The van der Waals surface area contributed by atoms with Crippen molar-refractivity contribution in [3.63, 3.8) is 0 Å². The van der Waals surface area contributed by atoms with Crippen LogP contribution in [0.5, 0.6) is 0 Å². The molecule has 0 fully saturated rings. The summed E-state index contributed by atoms with van der Waals surface area (Å²) in [6, 6.07) is 3.05. The zero-order chi connectivity index (χ0) is 28.2. The maximum atomic E-state index is 13.4. The standard InChI is InChI=1S/C24H39N7O6/c1-7-9-13-28(14-10-8-2)16-20(18(3)26-27-23(32)17-31(4,5)6)24(33)25-21-12-11-19(29(34)35)15-22(21)30(36)37/h11-12,15,20H,7-10,13-14,16-17H2,1-6H3,(H-,25,27,32,33)/p+1/b26-18+/t20-/m0/s1. The first kappa shape index (κ1) is 31.6. The van der Waals surface area contributed by atoms with Crippen LogP contribution in [-0.4, -0.2) is 84.1 Å². The number of nitro groups is 2. The van der Waals surface area contributed by atoms with Crippen molar-refractivity contribution < 1.29 is 23.9 Å². The number of benzene rings is 1. The third kappa shape index (κ3) is 11.4. The number of rotatable bonds is 16. The van der Waals surface area contributed by atoms with Crippen molar-refractivity contribution in [3.8, 4) is 0 Å². The van der Waals surface area contributed by atoms with Crippen molar-refractivity contribution >= 4 is 34.6 Å². The molecule has 0 aliphatic heterocycles. The predicted octanol–water partition coefficient (Wildman–Crippen LogP) is 3.16. The van der Waals surface area contributed by atoms with Gasteiger partial charge in [0.1, 0.15) is 5.69 Å². The summed E-state index contributed by atoms with van der Waals surface area (Å²) in [5.74, 6) is -1.70. The molecule has 0 aliphatic carbocycles. The second-order valence-corrected chi connectivity index (χ2v) is 10.0.